The second-order valence-electron chi connectivity index (χ2n) is 11.4. The van der Waals surface area contributed by atoms with Crippen LogP contribution in [0.5, 0.6) is 0 Å². The predicted molar refractivity (Wildman–Crippen MR) is 176 cm³/mol. The number of rotatable bonds is 2. The van der Waals surface area contributed by atoms with Gasteiger partial charge in [-0.05, 0) is 64.6 Å². The molecule has 42 heavy (non-hydrogen) atoms. The van der Waals surface area contributed by atoms with Gasteiger partial charge in [0.15, 0.2) is 0 Å². The van der Waals surface area contributed by atoms with Crippen molar-refractivity contribution < 1.29 is 0 Å². The molecule has 4 heteroatoms. The third kappa shape index (κ3) is 2.72. The molecule has 0 saturated heterocycles. The van der Waals surface area contributed by atoms with Gasteiger partial charge in [-0.25, -0.2) is 0 Å². The summed E-state index contributed by atoms with van der Waals surface area (Å²) in [6.45, 7) is 0.0666. The van der Waals surface area contributed by atoms with E-state index in [9.17, 15) is 0 Å². The minimum atomic E-state index is 0.0666. The number of anilines is 5. The van der Waals surface area contributed by atoms with E-state index in [2.05, 4.69) is 160 Å². The van der Waals surface area contributed by atoms with Crippen molar-refractivity contribution in [1.29, 1.82) is 0 Å². The van der Waals surface area contributed by atoms with Gasteiger partial charge < -0.3 is 14.3 Å². The molecule has 0 amide bonds. The number of hydrogen-bond acceptors (Lipinski definition) is 2. The molecular weight excluding hydrogens is 509 g/mol. The topological polar surface area (TPSA) is 11.4 Å². The quantitative estimate of drug-likeness (QED) is 0.207. The summed E-state index contributed by atoms with van der Waals surface area (Å²) in [5, 5.41) is 1.27. The highest BCUT2D eigenvalue weighted by Crippen LogP contribution is 2.51. The van der Waals surface area contributed by atoms with Gasteiger partial charge in [0.2, 0.25) is 0 Å². The first-order valence-corrected chi connectivity index (χ1v) is 14.6. The molecule has 194 valence electrons. The molecule has 0 N–H and O–H groups in total. The molecule has 3 aliphatic heterocycles. The van der Waals surface area contributed by atoms with Gasteiger partial charge in [-0.3, -0.25) is 0 Å². The van der Waals surface area contributed by atoms with Gasteiger partial charge in [0.25, 0.3) is 0 Å². The summed E-state index contributed by atoms with van der Waals surface area (Å²) in [5.41, 5.74) is 16.4. The smallest absolute Gasteiger partial charge is 0.351 e. The van der Waals surface area contributed by atoms with Crippen LogP contribution >= 0.6 is 0 Å². The number of benzene rings is 6. The van der Waals surface area contributed by atoms with Crippen molar-refractivity contribution in [2.45, 2.75) is 0 Å². The van der Waals surface area contributed by atoms with Gasteiger partial charge in [-0.2, -0.15) is 0 Å². The van der Waals surface area contributed by atoms with Crippen molar-refractivity contribution in [2.75, 3.05) is 9.71 Å². The lowest BCUT2D eigenvalue weighted by atomic mass is 9.44. The third-order valence-corrected chi connectivity index (χ3v) is 9.27. The molecule has 0 aliphatic carbocycles. The fraction of sp³-hybridized carbons (Fsp3) is 0. The third-order valence-electron chi connectivity index (χ3n) is 9.27. The molecule has 3 nitrogen and oxygen atoms in total. The number of para-hydroxylation sites is 4. The highest BCUT2D eigenvalue weighted by molar-refractivity contribution is 6.94. The van der Waals surface area contributed by atoms with Gasteiger partial charge in [0.1, 0.15) is 0 Å². The van der Waals surface area contributed by atoms with E-state index in [1.54, 1.807) is 0 Å². The van der Waals surface area contributed by atoms with Crippen molar-refractivity contribution in [2.24, 2.45) is 0 Å². The van der Waals surface area contributed by atoms with E-state index >= 15 is 0 Å². The first-order chi connectivity index (χ1) is 20.9. The maximum atomic E-state index is 2.59. The average Bonchev–Trinajstić information content (AvgIpc) is 3.41. The standard InChI is InChI=1S/C38H24BN3/c1-2-12-25(13-3-1)26-14-10-15-27(24-26)40-35-23-11-18-29-28-16-4-7-20-32(28)42-34-22-9-8-21-33(34)41-31-19-6-5-17-30(31)37(40)38(41)39(42)36(29)35/h1-24H. The molecule has 0 fully saturated rings. The second kappa shape index (κ2) is 8.05. The van der Waals surface area contributed by atoms with Crippen LogP contribution in [-0.2, 0) is 0 Å². The number of fused-ring (bicyclic) bond motifs is 9. The summed E-state index contributed by atoms with van der Waals surface area (Å²) in [5.74, 6) is 0. The molecule has 4 heterocycles. The fourth-order valence-corrected chi connectivity index (χ4v) is 7.67. The van der Waals surface area contributed by atoms with E-state index in [0.29, 0.717) is 0 Å². The van der Waals surface area contributed by atoms with E-state index in [4.69, 9.17) is 0 Å². The Labute approximate surface area is 244 Å². The normalized spacial score (nSPS) is 13.6. The zero-order valence-electron chi connectivity index (χ0n) is 22.8. The Hall–Kier alpha value is -5.48. The summed E-state index contributed by atoms with van der Waals surface area (Å²) in [4.78, 5) is 5.11. The molecule has 6 aromatic carbocycles. The van der Waals surface area contributed by atoms with Gasteiger partial charge in [-0.15, -0.1) is 0 Å². The van der Waals surface area contributed by atoms with Crippen LogP contribution in [0.15, 0.2) is 146 Å². The second-order valence-corrected chi connectivity index (χ2v) is 11.4. The van der Waals surface area contributed by atoms with E-state index < -0.39 is 0 Å². The van der Waals surface area contributed by atoms with Gasteiger partial charge in [0.05, 0.1) is 22.6 Å². The first kappa shape index (κ1) is 22.2. The van der Waals surface area contributed by atoms with Crippen LogP contribution in [0.2, 0.25) is 0 Å². The Morgan fingerprint density at radius 1 is 0.476 bits per heavy atom. The average molecular weight is 533 g/mol. The van der Waals surface area contributed by atoms with Crippen molar-refractivity contribution in [3.05, 3.63) is 146 Å². The van der Waals surface area contributed by atoms with Gasteiger partial charge in [-0.1, -0.05) is 103 Å². The van der Waals surface area contributed by atoms with Gasteiger partial charge in [0, 0.05) is 33.6 Å². The lowest BCUT2D eigenvalue weighted by molar-refractivity contribution is 1.11. The minimum Gasteiger partial charge on any atom is -0.374 e. The highest BCUT2D eigenvalue weighted by atomic mass is 15.2. The highest BCUT2D eigenvalue weighted by Gasteiger charge is 2.50. The van der Waals surface area contributed by atoms with Crippen molar-refractivity contribution in [1.82, 2.24) is 4.57 Å². The van der Waals surface area contributed by atoms with Crippen LogP contribution in [0.1, 0.15) is 0 Å². The summed E-state index contributed by atoms with van der Waals surface area (Å²) < 4.78 is 2.53. The van der Waals surface area contributed by atoms with Crippen molar-refractivity contribution in [3.8, 4) is 27.9 Å². The Bertz CT molecular complexity index is 2230. The summed E-state index contributed by atoms with van der Waals surface area (Å²) in [6.07, 6.45) is 0. The molecule has 1 aromatic heterocycles. The Kier molecular flexibility index (Phi) is 4.26. The lowest BCUT2D eigenvalue weighted by Gasteiger charge is -2.47. The zero-order valence-corrected chi connectivity index (χ0v) is 22.8. The molecule has 7 aromatic rings. The lowest BCUT2D eigenvalue weighted by Crippen LogP contribution is -2.65. The van der Waals surface area contributed by atoms with Crippen LogP contribution in [0, 0.1) is 0 Å². The largest absolute Gasteiger partial charge is 0.374 e. The van der Waals surface area contributed by atoms with Crippen LogP contribution in [0.3, 0.4) is 0 Å². The van der Waals surface area contributed by atoms with Crippen LogP contribution in [-0.4, -0.2) is 11.4 Å². The number of aromatic nitrogens is 1. The van der Waals surface area contributed by atoms with Crippen LogP contribution < -0.4 is 20.8 Å². The summed E-state index contributed by atoms with van der Waals surface area (Å²) in [7, 11) is 0. The SMILES string of the molecule is c1ccc(-c2cccc(N3c4cccc5c4B4c6c3c3ccccc3n6-c3ccccc3N4c3ccccc3-5)c2)cc1. The predicted octanol–water partition coefficient (Wildman–Crippen LogP) is 8.32. The molecule has 10 rings (SSSR count). The summed E-state index contributed by atoms with van der Waals surface area (Å²) >= 11 is 0. The summed E-state index contributed by atoms with van der Waals surface area (Å²) in [6, 6.07) is 53.3. The molecule has 0 bridgehead atoms. The monoisotopic (exact) mass is 533 g/mol. The molecular formula is C38H24BN3. The molecule has 0 atom stereocenters. The van der Waals surface area contributed by atoms with E-state index in [-0.39, 0.29) is 6.85 Å². The molecule has 0 spiro atoms. The fourth-order valence-electron chi connectivity index (χ4n) is 7.67. The minimum absolute atomic E-state index is 0.0666. The zero-order chi connectivity index (χ0) is 27.4. The van der Waals surface area contributed by atoms with Gasteiger partial charge >= 0.3 is 6.85 Å². The number of hydrogen-bond donors (Lipinski definition) is 0. The maximum Gasteiger partial charge on any atom is 0.351 e. The van der Waals surface area contributed by atoms with Crippen LogP contribution in [0.4, 0.5) is 28.4 Å². The number of nitrogens with zero attached hydrogens (tertiary/aromatic N) is 3. The molecule has 3 aliphatic rings. The Morgan fingerprint density at radius 2 is 1.14 bits per heavy atom. The first-order valence-electron chi connectivity index (χ1n) is 14.6. The molecule has 0 radical (unpaired) electrons. The molecule has 0 saturated carbocycles. The van der Waals surface area contributed by atoms with E-state index in [1.807, 2.05) is 0 Å². The van der Waals surface area contributed by atoms with Crippen LogP contribution in [0.25, 0.3) is 38.8 Å². The Morgan fingerprint density at radius 3 is 2.05 bits per heavy atom. The van der Waals surface area contributed by atoms with Crippen molar-refractivity contribution >= 4 is 57.2 Å². The molecule has 0 unspecified atom stereocenters. The van der Waals surface area contributed by atoms with Crippen molar-refractivity contribution in [3.63, 3.8) is 0 Å². The Balaban J connectivity index is 1.37. The van der Waals surface area contributed by atoms with E-state index in [1.165, 1.54) is 78.3 Å². The van der Waals surface area contributed by atoms with E-state index in [0.717, 1.165) is 0 Å². The maximum absolute atomic E-state index is 2.59.